The molecule has 1 aromatic carbocycles. The highest BCUT2D eigenvalue weighted by molar-refractivity contribution is 5.94. The summed E-state index contributed by atoms with van der Waals surface area (Å²) >= 11 is 0. The van der Waals surface area contributed by atoms with Crippen molar-refractivity contribution in [1.82, 2.24) is 9.80 Å². The number of methoxy groups -OCH3 is 2. The number of carbonyl (C=O) groups is 2. The molecule has 6 atom stereocenters. The van der Waals surface area contributed by atoms with Crippen LogP contribution in [0.2, 0.25) is 0 Å². The number of piperazine rings is 1. The van der Waals surface area contributed by atoms with Crippen molar-refractivity contribution >= 4 is 23.6 Å². The highest BCUT2D eigenvalue weighted by Gasteiger charge is 2.30. The Labute approximate surface area is 275 Å². The van der Waals surface area contributed by atoms with Gasteiger partial charge in [-0.25, -0.2) is 19.8 Å². The summed E-state index contributed by atoms with van der Waals surface area (Å²) in [5.41, 5.74) is 7.39. The molecule has 3 aliphatic heterocycles. The number of rotatable bonds is 3. The molecule has 13 heteroatoms. The largest absolute Gasteiger partial charge is 0.505 e. The molecule has 0 unspecified atom stereocenters. The van der Waals surface area contributed by atoms with E-state index in [4.69, 9.17) is 29.9 Å². The molecule has 1 saturated heterocycles. The Kier molecular flexibility index (Phi) is 12.1. The second-order valence-corrected chi connectivity index (χ2v) is 12.7. The molecule has 47 heavy (non-hydrogen) atoms. The number of nitrogens with two attached hydrogens (primary N) is 1. The first-order valence-electron chi connectivity index (χ1n) is 15.9. The number of likely N-dealkylation sites (N-methyl/N-ethyl adjacent to an activating group) is 1. The molecular formula is C34H48N6O7. The second kappa shape index (κ2) is 15.8. The minimum atomic E-state index is -0.978. The Morgan fingerprint density at radius 2 is 1.77 bits per heavy atom. The molecule has 13 nitrogen and oxygen atoms in total. The van der Waals surface area contributed by atoms with Crippen LogP contribution in [-0.4, -0.2) is 110 Å². The van der Waals surface area contributed by atoms with Gasteiger partial charge in [-0.2, -0.15) is 0 Å². The van der Waals surface area contributed by atoms with Gasteiger partial charge in [-0.05, 0) is 51.3 Å². The lowest BCUT2D eigenvalue weighted by Crippen LogP contribution is -2.46. The van der Waals surface area contributed by atoms with Gasteiger partial charge in [0.2, 0.25) is 5.96 Å². The molecule has 0 aromatic heterocycles. The van der Waals surface area contributed by atoms with Gasteiger partial charge in [-0.1, -0.05) is 38.2 Å². The third kappa shape index (κ3) is 8.72. The Balaban J connectivity index is 1.82. The van der Waals surface area contributed by atoms with Crippen molar-refractivity contribution < 1.29 is 34.0 Å². The number of aliphatic hydroxyl groups is 1. The number of ether oxygens (including phenoxy) is 3. The quantitative estimate of drug-likeness (QED) is 0.413. The maximum absolute atomic E-state index is 13.3. The summed E-state index contributed by atoms with van der Waals surface area (Å²) in [5, 5.41) is 23.6. The number of phenolic OH excluding ortho intramolecular Hbond substituents is 1. The van der Waals surface area contributed by atoms with Crippen molar-refractivity contribution in [2.24, 2.45) is 32.5 Å². The van der Waals surface area contributed by atoms with Crippen LogP contribution < -0.4 is 16.4 Å². The molecule has 0 aliphatic carbocycles. The van der Waals surface area contributed by atoms with E-state index in [1.54, 1.807) is 45.3 Å². The van der Waals surface area contributed by atoms with Crippen LogP contribution in [0.5, 0.6) is 5.75 Å². The zero-order chi connectivity index (χ0) is 34.4. The Morgan fingerprint density at radius 1 is 1.06 bits per heavy atom. The molecule has 0 radical (unpaired) electrons. The van der Waals surface area contributed by atoms with Crippen molar-refractivity contribution in [2.75, 3.05) is 47.4 Å². The van der Waals surface area contributed by atoms with Crippen LogP contribution in [0.15, 0.2) is 56.5 Å². The lowest BCUT2D eigenvalue weighted by Gasteiger charge is -2.32. The Morgan fingerprint density at radius 3 is 2.40 bits per heavy atom. The van der Waals surface area contributed by atoms with Crippen LogP contribution >= 0.6 is 0 Å². The minimum absolute atomic E-state index is 0.0903. The van der Waals surface area contributed by atoms with E-state index in [9.17, 15) is 19.8 Å². The number of hydrogen-bond acceptors (Lipinski definition) is 11. The topological polar surface area (TPSA) is 172 Å². The summed E-state index contributed by atoms with van der Waals surface area (Å²) < 4.78 is 16.8. The number of fused-ring (bicyclic) bond motifs is 4. The lowest BCUT2D eigenvalue weighted by atomic mass is 9.88. The van der Waals surface area contributed by atoms with E-state index in [1.807, 2.05) is 19.9 Å². The third-order valence-electron chi connectivity index (χ3n) is 8.95. The molecule has 3 heterocycles. The average Bonchev–Trinajstić information content (AvgIpc) is 3.46. The zero-order valence-electron chi connectivity index (χ0n) is 28.3. The second-order valence-electron chi connectivity index (χ2n) is 12.7. The van der Waals surface area contributed by atoms with Gasteiger partial charge in [0.25, 0.3) is 5.91 Å². The molecule has 1 fully saturated rings. The van der Waals surface area contributed by atoms with E-state index in [-0.39, 0.29) is 17.0 Å². The van der Waals surface area contributed by atoms with Crippen molar-refractivity contribution in [1.29, 1.82) is 0 Å². The van der Waals surface area contributed by atoms with Crippen LogP contribution in [0.1, 0.15) is 39.7 Å². The summed E-state index contributed by atoms with van der Waals surface area (Å²) in [6, 6.07) is 1.60. The fraction of sp³-hybridized carbons (Fsp3) is 0.559. The average molecular weight is 653 g/mol. The first kappa shape index (κ1) is 35.9. The summed E-state index contributed by atoms with van der Waals surface area (Å²) in [6.07, 6.45) is 3.34. The molecule has 0 spiro atoms. The fourth-order valence-electron chi connectivity index (χ4n) is 6.13. The predicted octanol–water partition coefficient (Wildman–Crippen LogP) is 1.93. The van der Waals surface area contributed by atoms with Crippen LogP contribution in [0, 0.1) is 11.8 Å². The van der Waals surface area contributed by atoms with Gasteiger partial charge in [0, 0.05) is 57.5 Å². The summed E-state index contributed by atoms with van der Waals surface area (Å²) in [6.45, 7) is 10.6. The van der Waals surface area contributed by atoms with Gasteiger partial charge in [-0.3, -0.25) is 4.79 Å². The third-order valence-corrected chi connectivity index (χ3v) is 8.95. The molecule has 0 saturated carbocycles. The molecule has 1 aromatic rings. The maximum Gasteiger partial charge on any atom is 0.405 e. The van der Waals surface area contributed by atoms with Gasteiger partial charge in [0.05, 0.1) is 23.3 Å². The SMILES string of the molecule is CO[C@H]1/C=C\C=C(/C)C(=O)N=c2cc3c(c(c2O)C[C@@H](C)C[C@H](OC)[C@H](O)[C@@H](C)/C=C(\C)[C@@H]1OC(N)=O)=NC(N1CCN(C)CC1)=N3. The number of guanidine groups is 1. The van der Waals surface area contributed by atoms with Crippen LogP contribution in [0.3, 0.4) is 0 Å². The Bertz CT molecular complexity index is 1580. The zero-order valence-corrected chi connectivity index (χ0v) is 28.3. The van der Waals surface area contributed by atoms with E-state index in [2.05, 4.69) is 21.8 Å². The number of aliphatic hydroxyl groups excluding tert-OH is 1. The normalized spacial score (nSPS) is 30.9. The van der Waals surface area contributed by atoms with E-state index in [1.165, 1.54) is 7.11 Å². The van der Waals surface area contributed by atoms with E-state index in [0.717, 1.165) is 26.2 Å². The van der Waals surface area contributed by atoms with E-state index >= 15 is 0 Å². The number of hydrogen-bond donors (Lipinski definition) is 3. The van der Waals surface area contributed by atoms with Gasteiger partial charge < -0.3 is 40.0 Å². The first-order chi connectivity index (χ1) is 22.3. The number of amides is 2. The number of aliphatic imine (C=N–C) groups is 1. The predicted molar refractivity (Wildman–Crippen MR) is 177 cm³/mol. The standard InChI is InChI=1S/C34H48N6O7/c1-19-15-23-28-24(37-34(38-28)40-13-11-39(5)12-14-40)18-25(30(23)42)36-32(43)20(2)9-8-10-26(45-6)31(47-33(35)44)22(4)17-21(3)29(41)27(16-19)46-7/h8-10,17-19,21,26-27,29,31,41-42H,11-16H2,1-7H3,(H2,35,44)/b10-8-,20-9+,22-17+,36-25?/t19-,21+,26+,27+,29-,31+/m1/s1. The summed E-state index contributed by atoms with van der Waals surface area (Å²) in [4.78, 5) is 43.4. The molecule has 2 bridgehead atoms. The summed E-state index contributed by atoms with van der Waals surface area (Å²) in [7, 11) is 5.09. The first-order valence-corrected chi connectivity index (χ1v) is 15.9. The Hall–Kier alpha value is -3.91. The number of carbonyl (C=O) groups excluding carboxylic acids is 2. The number of nitrogens with zero attached hydrogens (tertiary/aromatic N) is 5. The van der Waals surface area contributed by atoms with Gasteiger partial charge in [0.1, 0.15) is 17.2 Å². The minimum Gasteiger partial charge on any atom is -0.505 e. The smallest absolute Gasteiger partial charge is 0.405 e. The van der Waals surface area contributed by atoms with Crippen molar-refractivity contribution in [3.05, 3.63) is 57.8 Å². The summed E-state index contributed by atoms with van der Waals surface area (Å²) in [5.74, 6) is -0.591. The van der Waals surface area contributed by atoms with Gasteiger partial charge >= 0.3 is 6.09 Å². The molecular weight excluding hydrogens is 604 g/mol. The fourth-order valence-corrected chi connectivity index (χ4v) is 6.13. The number of allylic oxidation sites excluding steroid dienone is 2. The number of phenols is 1. The van der Waals surface area contributed by atoms with Crippen molar-refractivity contribution in [3.8, 4) is 5.75 Å². The van der Waals surface area contributed by atoms with Crippen LogP contribution in [-0.2, 0) is 25.4 Å². The number of primary amides is 1. The van der Waals surface area contributed by atoms with Crippen LogP contribution in [0.4, 0.5) is 10.5 Å². The van der Waals surface area contributed by atoms with Crippen LogP contribution in [0.25, 0.3) is 0 Å². The van der Waals surface area contributed by atoms with E-state index in [0.29, 0.717) is 46.6 Å². The molecule has 4 N–H and O–H groups in total. The molecule has 4 rings (SSSR count). The van der Waals surface area contributed by atoms with Gasteiger partial charge in [0.15, 0.2) is 6.10 Å². The van der Waals surface area contributed by atoms with E-state index < -0.39 is 42.3 Å². The highest BCUT2D eigenvalue weighted by Crippen LogP contribution is 2.27. The number of aromatic hydroxyl groups is 1. The molecule has 2 amide bonds. The van der Waals surface area contributed by atoms with Crippen molar-refractivity contribution in [2.45, 2.75) is 65.0 Å². The molecule has 3 aliphatic rings. The monoisotopic (exact) mass is 652 g/mol. The van der Waals surface area contributed by atoms with Crippen molar-refractivity contribution in [3.63, 3.8) is 0 Å². The molecule has 256 valence electrons. The lowest BCUT2D eigenvalue weighted by molar-refractivity contribution is -0.114. The highest BCUT2D eigenvalue weighted by atomic mass is 16.6. The maximum atomic E-state index is 13.3. The number of benzene rings is 1. The van der Waals surface area contributed by atoms with Gasteiger partial charge in [-0.15, -0.1) is 0 Å².